The van der Waals surface area contributed by atoms with Gasteiger partial charge >= 0.3 is 5.97 Å². The van der Waals surface area contributed by atoms with Gasteiger partial charge in [0.05, 0.1) is 14.2 Å². The zero-order valence-electron chi connectivity index (χ0n) is 11.0. The molecule has 4 heteroatoms. The highest BCUT2D eigenvalue weighted by molar-refractivity contribution is 5.78. The number of hydrogen-bond acceptors (Lipinski definition) is 4. The molecule has 1 unspecified atom stereocenters. The van der Waals surface area contributed by atoms with Crippen molar-refractivity contribution < 1.29 is 14.3 Å². The number of esters is 1. The van der Waals surface area contributed by atoms with Crippen LogP contribution in [0, 0.1) is 6.92 Å². The molecule has 1 aromatic carbocycles. The van der Waals surface area contributed by atoms with Crippen molar-refractivity contribution in [3.8, 4) is 5.75 Å². The zero-order chi connectivity index (χ0) is 13.1. The van der Waals surface area contributed by atoms with Crippen molar-refractivity contribution in [2.24, 2.45) is 0 Å². The van der Waals surface area contributed by atoms with Gasteiger partial charge in [-0.25, -0.2) is 4.79 Å². The predicted octanol–water partition coefficient (Wildman–Crippen LogP) is 1.97. The summed E-state index contributed by atoms with van der Waals surface area (Å²) in [4.78, 5) is 11.9. The van der Waals surface area contributed by atoms with E-state index in [1.165, 1.54) is 7.11 Å². The molecule has 1 fully saturated rings. The molecule has 1 N–H and O–H groups in total. The van der Waals surface area contributed by atoms with E-state index in [1.54, 1.807) is 7.11 Å². The Morgan fingerprint density at radius 1 is 1.39 bits per heavy atom. The molecule has 0 radical (unpaired) electrons. The number of benzene rings is 1. The molecule has 0 bridgehead atoms. The highest BCUT2D eigenvalue weighted by Gasteiger charge is 2.31. The standard InChI is InChI=1S/C14H19NO3/c1-9-4-7-12(17-2)11(8-9)13(14(16)18-3)15-10-5-6-10/h4,7-8,10,13,15H,5-6H2,1-3H3. The molecule has 98 valence electrons. The number of rotatable bonds is 5. The molecular weight excluding hydrogens is 230 g/mol. The molecule has 18 heavy (non-hydrogen) atoms. The highest BCUT2D eigenvalue weighted by Crippen LogP contribution is 2.30. The molecule has 0 amide bonds. The number of carbonyl (C=O) groups is 1. The summed E-state index contributed by atoms with van der Waals surface area (Å²) in [7, 11) is 3.02. The summed E-state index contributed by atoms with van der Waals surface area (Å²) >= 11 is 0. The highest BCUT2D eigenvalue weighted by atomic mass is 16.5. The van der Waals surface area contributed by atoms with Crippen LogP contribution in [0.3, 0.4) is 0 Å². The van der Waals surface area contributed by atoms with Crippen molar-refractivity contribution in [3.63, 3.8) is 0 Å². The third kappa shape index (κ3) is 2.82. The molecule has 0 aromatic heterocycles. The van der Waals surface area contributed by atoms with E-state index in [0.717, 1.165) is 24.0 Å². The smallest absolute Gasteiger partial charge is 0.327 e. The summed E-state index contributed by atoms with van der Waals surface area (Å²) in [6, 6.07) is 5.79. The quantitative estimate of drug-likeness (QED) is 0.810. The maximum absolute atomic E-state index is 11.9. The van der Waals surface area contributed by atoms with Gasteiger partial charge in [0.2, 0.25) is 0 Å². The van der Waals surface area contributed by atoms with Crippen LogP contribution in [0.4, 0.5) is 0 Å². The molecule has 1 atom stereocenters. The molecule has 0 spiro atoms. The largest absolute Gasteiger partial charge is 0.496 e. The van der Waals surface area contributed by atoms with E-state index in [2.05, 4.69) is 5.32 Å². The molecule has 1 aliphatic carbocycles. The van der Waals surface area contributed by atoms with Crippen LogP contribution in [-0.4, -0.2) is 26.2 Å². The molecule has 0 aliphatic heterocycles. The Morgan fingerprint density at radius 3 is 2.67 bits per heavy atom. The van der Waals surface area contributed by atoms with Crippen LogP contribution in [-0.2, 0) is 9.53 Å². The summed E-state index contributed by atoms with van der Waals surface area (Å²) in [5.74, 6) is 0.440. The Hall–Kier alpha value is -1.55. The lowest BCUT2D eigenvalue weighted by Gasteiger charge is -2.19. The lowest BCUT2D eigenvalue weighted by molar-refractivity contribution is -0.143. The lowest BCUT2D eigenvalue weighted by atomic mass is 10.0. The average Bonchev–Trinajstić information content (AvgIpc) is 3.19. The van der Waals surface area contributed by atoms with Crippen molar-refractivity contribution >= 4 is 5.97 Å². The fourth-order valence-electron chi connectivity index (χ4n) is 1.97. The average molecular weight is 249 g/mol. The molecule has 1 saturated carbocycles. The van der Waals surface area contributed by atoms with Gasteiger partial charge in [-0.2, -0.15) is 0 Å². The second-order valence-electron chi connectivity index (χ2n) is 4.64. The summed E-state index contributed by atoms with van der Waals surface area (Å²) < 4.78 is 10.2. The van der Waals surface area contributed by atoms with Crippen LogP contribution in [0.1, 0.15) is 30.0 Å². The van der Waals surface area contributed by atoms with Gasteiger partial charge in [0.25, 0.3) is 0 Å². The summed E-state index contributed by atoms with van der Waals surface area (Å²) in [5.41, 5.74) is 1.94. The van der Waals surface area contributed by atoms with Gasteiger partial charge in [0.1, 0.15) is 11.8 Å². The van der Waals surface area contributed by atoms with Gasteiger partial charge in [-0.1, -0.05) is 17.7 Å². The first-order valence-electron chi connectivity index (χ1n) is 6.14. The number of ether oxygens (including phenoxy) is 2. The Bertz CT molecular complexity index is 441. The summed E-state index contributed by atoms with van der Waals surface area (Å²) in [6.07, 6.45) is 2.23. The summed E-state index contributed by atoms with van der Waals surface area (Å²) in [5, 5.41) is 3.31. The van der Waals surface area contributed by atoms with Gasteiger partial charge in [0, 0.05) is 11.6 Å². The number of nitrogens with one attached hydrogen (secondary N) is 1. The first-order chi connectivity index (χ1) is 8.65. The van der Waals surface area contributed by atoms with Crippen LogP contribution in [0.2, 0.25) is 0 Å². The first-order valence-corrected chi connectivity index (χ1v) is 6.14. The molecule has 1 aliphatic rings. The van der Waals surface area contributed by atoms with Crippen LogP contribution >= 0.6 is 0 Å². The topological polar surface area (TPSA) is 47.6 Å². The minimum absolute atomic E-state index is 0.272. The normalized spacial score (nSPS) is 16.2. The van der Waals surface area contributed by atoms with Crippen molar-refractivity contribution in [3.05, 3.63) is 29.3 Å². The monoisotopic (exact) mass is 249 g/mol. The van der Waals surface area contributed by atoms with Gasteiger partial charge in [-0.15, -0.1) is 0 Å². The van der Waals surface area contributed by atoms with Crippen molar-refractivity contribution in [1.82, 2.24) is 5.32 Å². The Balaban J connectivity index is 2.32. The molecule has 1 aromatic rings. The number of methoxy groups -OCH3 is 2. The Kier molecular flexibility index (Phi) is 3.87. The van der Waals surface area contributed by atoms with Crippen LogP contribution in [0.25, 0.3) is 0 Å². The number of aryl methyl sites for hydroxylation is 1. The Morgan fingerprint density at radius 2 is 2.11 bits per heavy atom. The molecular formula is C14H19NO3. The second-order valence-corrected chi connectivity index (χ2v) is 4.64. The third-order valence-electron chi connectivity index (χ3n) is 3.11. The van der Waals surface area contributed by atoms with E-state index in [0.29, 0.717) is 11.8 Å². The van der Waals surface area contributed by atoms with E-state index in [-0.39, 0.29) is 5.97 Å². The van der Waals surface area contributed by atoms with Crippen LogP contribution in [0.15, 0.2) is 18.2 Å². The lowest BCUT2D eigenvalue weighted by Crippen LogP contribution is -2.31. The van der Waals surface area contributed by atoms with E-state index in [1.807, 2.05) is 25.1 Å². The maximum atomic E-state index is 11.9. The van der Waals surface area contributed by atoms with Crippen molar-refractivity contribution in [2.75, 3.05) is 14.2 Å². The first kappa shape index (κ1) is 12.9. The van der Waals surface area contributed by atoms with Gasteiger partial charge in [-0.05, 0) is 25.8 Å². The van der Waals surface area contributed by atoms with E-state index >= 15 is 0 Å². The number of hydrogen-bond donors (Lipinski definition) is 1. The second kappa shape index (κ2) is 5.40. The fraction of sp³-hybridized carbons (Fsp3) is 0.500. The van der Waals surface area contributed by atoms with E-state index in [4.69, 9.17) is 9.47 Å². The zero-order valence-corrected chi connectivity index (χ0v) is 11.0. The SMILES string of the molecule is COC(=O)C(NC1CC1)c1cc(C)ccc1OC. The minimum Gasteiger partial charge on any atom is -0.496 e. The fourth-order valence-corrected chi connectivity index (χ4v) is 1.97. The van der Waals surface area contributed by atoms with Crippen molar-refractivity contribution in [1.29, 1.82) is 0 Å². The van der Waals surface area contributed by atoms with E-state index in [9.17, 15) is 4.79 Å². The van der Waals surface area contributed by atoms with Crippen LogP contribution in [0.5, 0.6) is 5.75 Å². The molecule has 0 heterocycles. The maximum Gasteiger partial charge on any atom is 0.327 e. The minimum atomic E-state index is -0.447. The molecule has 0 saturated heterocycles. The predicted molar refractivity (Wildman–Crippen MR) is 68.6 cm³/mol. The molecule has 4 nitrogen and oxygen atoms in total. The Labute approximate surface area is 107 Å². The third-order valence-corrected chi connectivity index (χ3v) is 3.11. The molecule has 2 rings (SSSR count). The van der Waals surface area contributed by atoms with Crippen LogP contribution < -0.4 is 10.1 Å². The summed E-state index contributed by atoms with van der Waals surface area (Å²) in [6.45, 7) is 1.99. The van der Waals surface area contributed by atoms with Gasteiger partial charge < -0.3 is 9.47 Å². The van der Waals surface area contributed by atoms with Crippen molar-refractivity contribution in [2.45, 2.75) is 31.8 Å². The van der Waals surface area contributed by atoms with Gasteiger partial charge in [-0.3, -0.25) is 5.32 Å². The number of carbonyl (C=O) groups excluding carboxylic acids is 1. The van der Waals surface area contributed by atoms with Gasteiger partial charge in [0.15, 0.2) is 0 Å². The van der Waals surface area contributed by atoms with E-state index < -0.39 is 6.04 Å².